The summed E-state index contributed by atoms with van der Waals surface area (Å²) in [6.45, 7) is 0.240. The molecule has 0 spiro atoms. The molecule has 1 amide bonds. The minimum absolute atomic E-state index is 0.112. The molecule has 1 aromatic heterocycles. The lowest BCUT2D eigenvalue weighted by atomic mass is 10.3. The number of fused-ring (bicyclic) bond motifs is 1. The molecule has 5 nitrogen and oxygen atoms in total. The van der Waals surface area contributed by atoms with Crippen molar-refractivity contribution < 1.29 is 9.63 Å². The predicted molar refractivity (Wildman–Crippen MR) is 72.7 cm³/mol. The van der Waals surface area contributed by atoms with Gasteiger partial charge in [-0.3, -0.25) is 9.63 Å². The van der Waals surface area contributed by atoms with Gasteiger partial charge in [0.25, 0.3) is 5.91 Å². The highest BCUT2D eigenvalue weighted by molar-refractivity contribution is 7.22. The van der Waals surface area contributed by atoms with E-state index in [1.54, 1.807) is 18.4 Å². The summed E-state index contributed by atoms with van der Waals surface area (Å²) in [5.41, 5.74) is 0.955. The van der Waals surface area contributed by atoms with Gasteiger partial charge in [0.2, 0.25) is 0 Å². The molecule has 0 saturated carbocycles. The Morgan fingerprint density at radius 2 is 2.11 bits per heavy atom. The second kappa shape index (κ2) is 5.32. The van der Waals surface area contributed by atoms with Crippen molar-refractivity contribution in [2.75, 3.05) is 32.6 Å². The summed E-state index contributed by atoms with van der Waals surface area (Å²) >= 11 is 1.57. The number of benzene rings is 1. The van der Waals surface area contributed by atoms with E-state index in [9.17, 15) is 4.79 Å². The van der Waals surface area contributed by atoms with Crippen LogP contribution in [0.4, 0.5) is 5.13 Å². The monoisotopic (exact) mass is 265 g/mol. The van der Waals surface area contributed by atoms with E-state index in [4.69, 9.17) is 4.84 Å². The standard InChI is InChI=1S/C12H15N3O2S/c1-14(8-11(16)15(2)17-3)12-13-9-6-4-5-7-10(9)18-12/h4-7H,8H2,1-3H3. The predicted octanol–water partition coefficient (Wildman–Crippen LogP) is 1.75. The van der Waals surface area contributed by atoms with Gasteiger partial charge in [-0.05, 0) is 12.1 Å². The lowest BCUT2D eigenvalue weighted by molar-refractivity contribution is -0.166. The highest BCUT2D eigenvalue weighted by atomic mass is 32.1. The first-order valence-electron chi connectivity index (χ1n) is 5.49. The fraction of sp³-hybridized carbons (Fsp3) is 0.333. The van der Waals surface area contributed by atoms with E-state index in [0.717, 1.165) is 15.3 Å². The maximum Gasteiger partial charge on any atom is 0.265 e. The molecule has 0 unspecified atom stereocenters. The van der Waals surface area contributed by atoms with E-state index in [0.29, 0.717) is 0 Å². The molecule has 6 heteroatoms. The molecule has 0 aliphatic heterocycles. The molecule has 0 atom stereocenters. The van der Waals surface area contributed by atoms with Crippen LogP contribution in [0.1, 0.15) is 0 Å². The van der Waals surface area contributed by atoms with Crippen LogP contribution in [0, 0.1) is 0 Å². The number of hydroxylamine groups is 2. The Bertz CT molecular complexity index is 522. The molecule has 18 heavy (non-hydrogen) atoms. The zero-order chi connectivity index (χ0) is 13.1. The number of nitrogens with zero attached hydrogens (tertiary/aromatic N) is 3. The van der Waals surface area contributed by atoms with Crippen LogP contribution in [0.5, 0.6) is 0 Å². The van der Waals surface area contributed by atoms with Crippen LogP contribution >= 0.6 is 11.3 Å². The highest BCUT2D eigenvalue weighted by Gasteiger charge is 2.14. The number of para-hydroxylation sites is 1. The number of aromatic nitrogens is 1. The Kier molecular flexibility index (Phi) is 3.78. The Balaban J connectivity index is 2.13. The number of carbonyl (C=O) groups is 1. The summed E-state index contributed by atoms with van der Waals surface area (Å²) in [6, 6.07) is 7.92. The van der Waals surface area contributed by atoms with Crippen molar-refractivity contribution in [2.24, 2.45) is 0 Å². The van der Waals surface area contributed by atoms with Crippen molar-refractivity contribution in [3.63, 3.8) is 0 Å². The molecule has 2 rings (SSSR count). The van der Waals surface area contributed by atoms with Crippen LogP contribution in [-0.2, 0) is 9.63 Å². The van der Waals surface area contributed by atoms with Crippen LogP contribution < -0.4 is 4.90 Å². The van der Waals surface area contributed by atoms with Crippen LogP contribution in [0.25, 0.3) is 10.2 Å². The highest BCUT2D eigenvalue weighted by Crippen LogP contribution is 2.27. The molecule has 0 N–H and O–H groups in total. The van der Waals surface area contributed by atoms with Crippen molar-refractivity contribution >= 4 is 32.6 Å². The van der Waals surface area contributed by atoms with Crippen LogP contribution in [0.3, 0.4) is 0 Å². The van der Waals surface area contributed by atoms with Gasteiger partial charge in [0.1, 0.15) is 6.54 Å². The number of hydrogen-bond donors (Lipinski definition) is 0. The molecule has 1 heterocycles. The minimum Gasteiger partial charge on any atom is -0.342 e. The van der Waals surface area contributed by atoms with Gasteiger partial charge in [0.05, 0.1) is 17.3 Å². The van der Waals surface area contributed by atoms with Crippen molar-refractivity contribution in [3.8, 4) is 0 Å². The largest absolute Gasteiger partial charge is 0.342 e. The van der Waals surface area contributed by atoms with Crippen molar-refractivity contribution in [2.45, 2.75) is 0 Å². The lowest BCUT2D eigenvalue weighted by Crippen LogP contribution is -2.35. The first-order valence-corrected chi connectivity index (χ1v) is 6.31. The molecule has 2 aromatic rings. The Morgan fingerprint density at radius 3 is 2.78 bits per heavy atom. The average molecular weight is 265 g/mol. The van der Waals surface area contributed by atoms with Gasteiger partial charge in [-0.1, -0.05) is 23.5 Å². The molecule has 0 bridgehead atoms. The summed E-state index contributed by atoms with van der Waals surface area (Å²) < 4.78 is 1.12. The fourth-order valence-electron chi connectivity index (χ4n) is 1.50. The number of likely N-dealkylation sites (N-methyl/N-ethyl adjacent to an activating group) is 2. The summed E-state index contributed by atoms with van der Waals surface area (Å²) in [5.74, 6) is -0.112. The molecule has 0 radical (unpaired) electrons. The number of rotatable bonds is 4. The Labute approximate surface area is 110 Å². The molecule has 0 aliphatic rings. The molecule has 0 saturated heterocycles. The van der Waals surface area contributed by atoms with Gasteiger partial charge in [0.15, 0.2) is 5.13 Å². The average Bonchev–Trinajstić information content (AvgIpc) is 2.81. The molecule has 96 valence electrons. The normalized spacial score (nSPS) is 10.6. The molecule has 1 aromatic carbocycles. The van der Waals surface area contributed by atoms with E-state index < -0.39 is 0 Å². The quantitative estimate of drug-likeness (QED) is 0.790. The van der Waals surface area contributed by atoms with Crippen LogP contribution in [-0.4, -0.2) is 43.7 Å². The van der Waals surface area contributed by atoms with Gasteiger partial charge in [-0.2, -0.15) is 0 Å². The number of thiazole rings is 1. The Hall–Kier alpha value is -1.66. The maximum absolute atomic E-state index is 11.7. The van der Waals surface area contributed by atoms with E-state index in [2.05, 4.69) is 4.98 Å². The minimum atomic E-state index is -0.112. The third kappa shape index (κ3) is 2.60. The van der Waals surface area contributed by atoms with Crippen LogP contribution in [0.15, 0.2) is 24.3 Å². The molecule has 0 aliphatic carbocycles. The van der Waals surface area contributed by atoms with Crippen molar-refractivity contribution in [3.05, 3.63) is 24.3 Å². The summed E-state index contributed by atoms with van der Waals surface area (Å²) in [5, 5.41) is 2.04. The summed E-state index contributed by atoms with van der Waals surface area (Å²) in [7, 11) is 4.91. The third-order valence-corrected chi connectivity index (χ3v) is 3.76. The SMILES string of the molecule is CON(C)C(=O)CN(C)c1nc2ccccc2s1. The zero-order valence-corrected chi connectivity index (χ0v) is 11.4. The van der Waals surface area contributed by atoms with Crippen LogP contribution in [0.2, 0.25) is 0 Å². The van der Waals surface area contributed by atoms with Crippen molar-refractivity contribution in [1.82, 2.24) is 10.0 Å². The molecular weight excluding hydrogens is 250 g/mol. The number of carbonyl (C=O) groups excluding carboxylic acids is 1. The van der Waals surface area contributed by atoms with Gasteiger partial charge >= 0.3 is 0 Å². The zero-order valence-electron chi connectivity index (χ0n) is 10.6. The summed E-state index contributed by atoms with van der Waals surface area (Å²) in [4.78, 5) is 22.9. The topological polar surface area (TPSA) is 45.7 Å². The molecular formula is C12H15N3O2S. The van der Waals surface area contributed by atoms with E-state index >= 15 is 0 Å². The lowest BCUT2D eigenvalue weighted by Gasteiger charge is -2.19. The first-order chi connectivity index (χ1) is 8.61. The van der Waals surface area contributed by atoms with Gasteiger partial charge in [0, 0.05) is 14.1 Å². The van der Waals surface area contributed by atoms with Crippen molar-refractivity contribution in [1.29, 1.82) is 0 Å². The number of hydrogen-bond acceptors (Lipinski definition) is 5. The van der Waals surface area contributed by atoms with Gasteiger partial charge in [-0.25, -0.2) is 10.0 Å². The van der Waals surface area contributed by atoms with Gasteiger partial charge < -0.3 is 4.90 Å². The molecule has 0 fully saturated rings. The summed E-state index contributed by atoms with van der Waals surface area (Å²) in [6.07, 6.45) is 0. The smallest absolute Gasteiger partial charge is 0.265 e. The maximum atomic E-state index is 11.7. The van der Waals surface area contributed by atoms with Gasteiger partial charge in [-0.15, -0.1) is 0 Å². The fourth-order valence-corrected chi connectivity index (χ4v) is 2.42. The van der Waals surface area contributed by atoms with E-state index in [-0.39, 0.29) is 12.5 Å². The third-order valence-electron chi connectivity index (χ3n) is 2.61. The Morgan fingerprint density at radius 1 is 1.39 bits per heavy atom. The number of amides is 1. The van der Waals surface area contributed by atoms with E-state index in [1.165, 1.54) is 12.2 Å². The number of anilines is 1. The second-order valence-electron chi connectivity index (χ2n) is 3.89. The van der Waals surface area contributed by atoms with E-state index in [1.807, 2.05) is 36.2 Å². The first kappa shape index (κ1) is 12.8. The second-order valence-corrected chi connectivity index (χ2v) is 4.90.